The van der Waals surface area contributed by atoms with Crippen molar-refractivity contribution in [1.82, 2.24) is 0 Å². The summed E-state index contributed by atoms with van der Waals surface area (Å²) in [4.78, 5) is 20.5. The van der Waals surface area contributed by atoms with Crippen LogP contribution >= 0.6 is 69.6 Å². The number of allylic oxidation sites excluding steroid dienone is 2. The number of hydrogen-bond acceptors (Lipinski definition) is 6. The molecule has 1 aliphatic carbocycles. The molecule has 3 aliphatic rings. The van der Waals surface area contributed by atoms with E-state index in [9.17, 15) is 9.59 Å². The van der Waals surface area contributed by atoms with Gasteiger partial charge in [0.2, 0.25) is 9.75 Å². The fourth-order valence-electron chi connectivity index (χ4n) is 2.36. The van der Waals surface area contributed by atoms with Gasteiger partial charge in [-0.1, -0.05) is 76.2 Å². The lowest BCUT2D eigenvalue weighted by molar-refractivity contribution is -0.156. The maximum atomic E-state index is 12.9. The fraction of sp³-hybridized carbons (Fsp3) is 0.600. The number of epoxide rings is 2. The van der Waals surface area contributed by atoms with Gasteiger partial charge in [0.1, 0.15) is 25.4 Å². The number of halogens is 6. The zero-order chi connectivity index (χ0) is 20.2. The first kappa shape index (κ1) is 21.8. The SMILES string of the molecule is C=C1C(Cl)=C(Cl)C(Cl)(C(=O)OCC2CO2)C(Cl)(C(=O)OCC2CO2)C1(Cl)Cl. The topological polar surface area (TPSA) is 77.7 Å². The van der Waals surface area contributed by atoms with Crippen molar-refractivity contribution >= 4 is 81.5 Å². The standard InChI is InChI=1S/C15H12Cl6O6/c1-6-9(16)10(17)13(18,11(22)26-4-7-2-24-7)14(19,15(6,20)21)12(23)27-5-8-3-25-8/h7-8H,1-5H2. The number of ether oxygens (including phenoxy) is 4. The summed E-state index contributed by atoms with van der Waals surface area (Å²) in [5, 5.41) is -0.824. The second-order valence-corrected chi connectivity index (χ2v) is 9.32. The molecule has 2 fully saturated rings. The van der Waals surface area contributed by atoms with E-state index in [-0.39, 0.29) is 36.0 Å². The normalized spacial score (nSPS) is 37.0. The molecular formula is C15H12Cl6O6. The van der Waals surface area contributed by atoms with Crippen LogP contribution in [0.25, 0.3) is 0 Å². The van der Waals surface area contributed by atoms with Crippen LogP contribution in [0.15, 0.2) is 22.2 Å². The molecule has 0 radical (unpaired) electrons. The van der Waals surface area contributed by atoms with Crippen LogP contribution in [0.1, 0.15) is 0 Å². The molecule has 150 valence electrons. The van der Waals surface area contributed by atoms with Crippen molar-refractivity contribution in [2.45, 2.75) is 26.3 Å². The van der Waals surface area contributed by atoms with Crippen LogP contribution in [0, 0.1) is 0 Å². The smallest absolute Gasteiger partial charge is 0.335 e. The molecule has 0 bridgehead atoms. The number of alkyl halides is 4. The Bertz CT molecular complexity index is 730. The van der Waals surface area contributed by atoms with Gasteiger partial charge >= 0.3 is 11.9 Å². The second kappa shape index (κ2) is 7.40. The molecule has 3 rings (SSSR count). The van der Waals surface area contributed by atoms with Gasteiger partial charge in [0.25, 0.3) is 0 Å². The lowest BCUT2D eigenvalue weighted by Crippen LogP contribution is -2.68. The van der Waals surface area contributed by atoms with E-state index in [1.165, 1.54) is 0 Å². The third-order valence-corrected chi connectivity index (χ3v) is 7.96. The molecule has 0 aromatic rings. The van der Waals surface area contributed by atoms with E-state index < -0.39 is 31.1 Å². The van der Waals surface area contributed by atoms with Crippen LogP contribution in [0.2, 0.25) is 0 Å². The molecule has 4 unspecified atom stereocenters. The van der Waals surface area contributed by atoms with Gasteiger partial charge in [-0.05, 0) is 0 Å². The van der Waals surface area contributed by atoms with Crippen LogP contribution in [-0.2, 0) is 28.5 Å². The van der Waals surface area contributed by atoms with Gasteiger partial charge < -0.3 is 18.9 Å². The quantitative estimate of drug-likeness (QED) is 0.316. The summed E-state index contributed by atoms with van der Waals surface area (Å²) in [7, 11) is 0. The van der Waals surface area contributed by atoms with E-state index in [2.05, 4.69) is 6.58 Å². The molecule has 0 saturated carbocycles. The second-order valence-electron chi connectivity index (χ2n) is 6.11. The third kappa shape index (κ3) is 3.46. The Hall–Kier alpha value is 0.0800. The summed E-state index contributed by atoms with van der Waals surface area (Å²) in [6.45, 7) is 4.15. The Morgan fingerprint density at radius 1 is 1.00 bits per heavy atom. The van der Waals surface area contributed by atoms with Crippen LogP contribution in [0.5, 0.6) is 0 Å². The Labute approximate surface area is 184 Å². The minimum Gasteiger partial charge on any atom is -0.461 e. The maximum Gasteiger partial charge on any atom is 0.335 e. The van der Waals surface area contributed by atoms with Crippen molar-refractivity contribution in [1.29, 1.82) is 0 Å². The van der Waals surface area contributed by atoms with Crippen molar-refractivity contribution in [3.8, 4) is 0 Å². The Kier molecular flexibility index (Phi) is 5.97. The van der Waals surface area contributed by atoms with Crippen LogP contribution in [0.3, 0.4) is 0 Å². The minimum atomic E-state index is -2.63. The molecule has 2 saturated heterocycles. The predicted molar refractivity (Wildman–Crippen MR) is 101 cm³/mol. The first-order valence-electron chi connectivity index (χ1n) is 7.56. The zero-order valence-corrected chi connectivity index (χ0v) is 17.9. The van der Waals surface area contributed by atoms with E-state index in [0.717, 1.165) is 0 Å². The highest BCUT2D eigenvalue weighted by atomic mass is 35.5. The third-order valence-electron chi connectivity index (χ3n) is 4.21. The summed E-state index contributed by atoms with van der Waals surface area (Å²) in [5.41, 5.74) is -0.221. The van der Waals surface area contributed by atoms with Crippen LogP contribution in [-0.4, -0.2) is 64.7 Å². The molecule has 2 aliphatic heterocycles. The molecule has 2 heterocycles. The predicted octanol–water partition coefficient (Wildman–Crippen LogP) is 3.26. The average Bonchev–Trinajstić information content (AvgIpc) is 3.53. The summed E-state index contributed by atoms with van der Waals surface area (Å²) in [5.74, 6) is -2.39. The number of carbonyl (C=O) groups excluding carboxylic acids is 2. The first-order chi connectivity index (χ1) is 12.5. The molecule has 0 spiro atoms. The Balaban J connectivity index is 2.03. The van der Waals surface area contributed by atoms with E-state index in [1.807, 2.05) is 0 Å². The average molecular weight is 501 g/mol. The highest BCUT2D eigenvalue weighted by Gasteiger charge is 2.76. The highest BCUT2D eigenvalue weighted by molar-refractivity contribution is 6.66. The lowest BCUT2D eigenvalue weighted by atomic mass is 9.78. The van der Waals surface area contributed by atoms with Crippen molar-refractivity contribution in [3.63, 3.8) is 0 Å². The van der Waals surface area contributed by atoms with E-state index in [4.69, 9.17) is 88.6 Å². The molecule has 0 aromatic heterocycles. The number of rotatable bonds is 6. The first-order valence-corrected chi connectivity index (χ1v) is 9.83. The van der Waals surface area contributed by atoms with E-state index >= 15 is 0 Å². The molecule has 0 aromatic carbocycles. The van der Waals surface area contributed by atoms with Gasteiger partial charge in [0.05, 0.1) is 23.3 Å². The summed E-state index contributed by atoms with van der Waals surface area (Å²) >= 11 is 38.0. The van der Waals surface area contributed by atoms with Crippen molar-refractivity contribution < 1.29 is 28.5 Å². The summed E-state index contributed by atoms with van der Waals surface area (Å²) in [6.07, 6.45) is -0.578. The van der Waals surface area contributed by atoms with Gasteiger partial charge in [-0.2, -0.15) is 0 Å². The molecule has 6 nitrogen and oxygen atoms in total. The van der Waals surface area contributed by atoms with Gasteiger partial charge in [-0.25, -0.2) is 9.59 Å². The monoisotopic (exact) mass is 498 g/mol. The summed E-state index contributed by atoms with van der Waals surface area (Å²) in [6, 6.07) is 0. The fourth-order valence-corrected chi connectivity index (χ4v) is 4.60. The van der Waals surface area contributed by atoms with Crippen molar-refractivity contribution in [3.05, 3.63) is 22.2 Å². The largest absolute Gasteiger partial charge is 0.461 e. The summed E-state index contributed by atoms with van der Waals surface area (Å²) < 4.78 is 17.8. The number of carbonyl (C=O) groups is 2. The minimum absolute atomic E-state index is 0.133. The van der Waals surface area contributed by atoms with Gasteiger partial charge in [0, 0.05) is 5.57 Å². The van der Waals surface area contributed by atoms with E-state index in [1.54, 1.807) is 0 Å². The van der Waals surface area contributed by atoms with Gasteiger partial charge in [0.15, 0.2) is 4.33 Å². The number of esters is 2. The molecule has 4 atom stereocenters. The molecule has 27 heavy (non-hydrogen) atoms. The molecule has 0 amide bonds. The van der Waals surface area contributed by atoms with Gasteiger partial charge in [-0.3, -0.25) is 0 Å². The molecule has 12 heteroatoms. The van der Waals surface area contributed by atoms with E-state index in [0.29, 0.717) is 13.2 Å². The number of hydrogen-bond donors (Lipinski definition) is 0. The molecular weight excluding hydrogens is 489 g/mol. The highest BCUT2D eigenvalue weighted by Crippen LogP contribution is 2.63. The Morgan fingerprint density at radius 3 is 1.89 bits per heavy atom. The van der Waals surface area contributed by atoms with Crippen LogP contribution < -0.4 is 0 Å². The van der Waals surface area contributed by atoms with Crippen molar-refractivity contribution in [2.24, 2.45) is 0 Å². The lowest BCUT2D eigenvalue weighted by Gasteiger charge is -2.48. The van der Waals surface area contributed by atoms with Crippen molar-refractivity contribution in [2.75, 3.05) is 26.4 Å². The maximum absolute atomic E-state index is 12.9. The Morgan fingerprint density at radius 2 is 1.44 bits per heavy atom. The zero-order valence-electron chi connectivity index (χ0n) is 13.4. The van der Waals surface area contributed by atoms with Gasteiger partial charge in [-0.15, -0.1) is 0 Å². The molecule has 0 N–H and O–H groups in total. The van der Waals surface area contributed by atoms with Crippen LogP contribution in [0.4, 0.5) is 0 Å².